The van der Waals surface area contributed by atoms with Gasteiger partial charge in [-0.3, -0.25) is 9.89 Å². The second-order valence-corrected chi connectivity index (χ2v) is 7.30. The maximum absolute atomic E-state index is 5.09. The Morgan fingerprint density at radius 1 is 1.11 bits per heavy atom. The first-order valence-corrected chi connectivity index (χ1v) is 10.1. The second kappa shape index (κ2) is 12.7. The van der Waals surface area contributed by atoms with Gasteiger partial charge < -0.3 is 20.3 Å². The third-order valence-corrected chi connectivity index (χ3v) is 4.99. The number of nitrogens with one attached hydrogen (secondary N) is 2. The van der Waals surface area contributed by atoms with E-state index in [0.717, 1.165) is 51.7 Å². The van der Waals surface area contributed by atoms with Gasteiger partial charge in [0.25, 0.3) is 0 Å². The van der Waals surface area contributed by atoms with Gasteiger partial charge in [-0.1, -0.05) is 24.3 Å². The van der Waals surface area contributed by atoms with E-state index in [1.54, 1.807) is 7.11 Å². The molecular formula is C21H37N5O. The molecule has 1 heterocycles. The molecule has 0 aliphatic carbocycles. The summed E-state index contributed by atoms with van der Waals surface area (Å²) in [5.74, 6) is 0.849. The fourth-order valence-electron chi connectivity index (χ4n) is 3.32. The zero-order chi connectivity index (χ0) is 19.3. The highest BCUT2D eigenvalue weighted by Crippen LogP contribution is 2.13. The summed E-state index contributed by atoms with van der Waals surface area (Å²) in [6.45, 7) is 8.07. The summed E-state index contributed by atoms with van der Waals surface area (Å²) in [7, 11) is 5.70. The van der Waals surface area contributed by atoms with Crippen LogP contribution in [-0.4, -0.2) is 76.3 Å². The summed E-state index contributed by atoms with van der Waals surface area (Å²) in [5, 5.41) is 6.77. The Balaban J connectivity index is 1.64. The lowest BCUT2D eigenvalue weighted by atomic mass is 10.1. The van der Waals surface area contributed by atoms with E-state index in [0.29, 0.717) is 0 Å². The lowest BCUT2D eigenvalue weighted by Gasteiger charge is -2.18. The van der Waals surface area contributed by atoms with E-state index in [4.69, 9.17) is 4.74 Å². The first-order chi connectivity index (χ1) is 13.2. The topological polar surface area (TPSA) is 52.1 Å². The first-order valence-electron chi connectivity index (χ1n) is 10.1. The van der Waals surface area contributed by atoms with Crippen LogP contribution in [0.25, 0.3) is 0 Å². The molecule has 1 aromatic carbocycles. The summed E-state index contributed by atoms with van der Waals surface area (Å²) in [4.78, 5) is 9.15. The van der Waals surface area contributed by atoms with E-state index in [-0.39, 0.29) is 0 Å². The van der Waals surface area contributed by atoms with Gasteiger partial charge >= 0.3 is 0 Å². The van der Waals surface area contributed by atoms with Crippen LogP contribution in [-0.2, 0) is 17.8 Å². The van der Waals surface area contributed by atoms with Crippen LogP contribution in [0, 0.1) is 0 Å². The van der Waals surface area contributed by atoms with Gasteiger partial charge in [-0.15, -0.1) is 0 Å². The van der Waals surface area contributed by atoms with Gasteiger partial charge in [-0.2, -0.15) is 0 Å². The minimum Gasteiger partial charge on any atom is -0.385 e. The smallest absolute Gasteiger partial charge is 0.191 e. The van der Waals surface area contributed by atoms with E-state index in [2.05, 4.69) is 56.7 Å². The number of aliphatic imine (C=N–C) groups is 1. The SMILES string of the molecule is CN=C(NCCN(C)CCCOC)NCc1ccc(CN2CCCC2)cc1. The van der Waals surface area contributed by atoms with Crippen molar-refractivity contribution >= 4 is 5.96 Å². The van der Waals surface area contributed by atoms with E-state index in [1.165, 1.54) is 37.1 Å². The van der Waals surface area contributed by atoms with Crippen LogP contribution in [0.4, 0.5) is 0 Å². The third-order valence-electron chi connectivity index (χ3n) is 4.99. The highest BCUT2D eigenvalue weighted by molar-refractivity contribution is 5.79. The maximum atomic E-state index is 5.09. The molecule has 152 valence electrons. The van der Waals surface area contributed by atoms with Crippen molar-refractivity contribution in [1.82, 2.24) is 20.4 Å². The Morgan fingerprint density at radius 3 is 2.48 bits per heavy atom. The number of guanidine groups is 1. The summed E-state index contributed by atoms with van der Waals surface area (Å²) in [5.41, 5.74) is 2.68. The number of likely N-dealkylation sites (tertiary alicyclic amines) is 1. The molecule has 0 spiro atoms. The van der Waals surface area contributed by atoms with Crippen molar-refractivity contribution in [2.75, 3.05) is 60.5 Å². The molecule has 6 heteroatoms. The second-order valence-electron chi connectivity index (χ2n) is 7.30. The van der Waals surface area contributed by atoms with Crippen LogP contribution < -0.4 is 10.6 Å². The number of nitrogens with zero attached hydrogens (tertiary/aromatic N) is 3. The van der Waals surface area contributed by atoms with Crippen LogP contribution in [0.2, 0.25) is 0 Å². The number of hydrogen-bond donors (Lipinski definition) is 2. The average Bonchev–Trinajstić information content (AvgIpc) is 3.19. The molecule has 6 nitrogen and oxygen atoms in total. The Morgan fingerprint density at radius 2 is 1.81 bits per heavy atom. The van der Waals surface area contributed by atoms with Gasteiger partial charge in [0.15, 0.2) is 5.96 Å². The summed E-state index contributed by atoms with van der Waals surface area (Å²) >= 11 is 0. The van der Waals surface area contributed by atoms with Gasteiger partial charge in [0.2, 0.25) is 0 Å². The number of benzene rings is 1. The number of methoxy groups -OCH3 is 1. The van der Waals surface area contributed by atoms with Crippen molar-refractivity contribution < 1.29 is 4.74 Å². The fourth-order valence-corrected chi connectivity index (χ4v) is 3.32. The first kappa shape index (κ1) is 21.7. The Hall–Kier alpha value is -1.63. The maximum Gasteiger partial charge on any atom is 0.191 e. The predicted octanol–water partition coefficient (Wildman–Crippen LogP) is 1.92. The molecule has 0 saturated carbocycles. The molecule has 1 aliphatic heterocycles. The van der Waals surface area contributed by atoms with E-state index < -0.39 is 0 Å². The van der Waals surface area contributed by atoms with Crippen LogP contribution >= 0.6 is 0 Å². The fraction of sp³-hybridized carbons (Fsp3) is 0.667. The quantitative estimate of drug-likeness (QED) is 0.352. The minimum atomic E-state index is 0.785. The van der Waals surface area contributed by atoms with Crippen LogP contribution in [0.15, 0.2) is 29.3 Å². The molecule has 27 heavy (non-hydrogen) atoms. The van der Waals surface area contributed by atoms with E-state index in [1.807, 2.05) is 7.05 Å². The number of likely N-dealkylation sites (N-methyl/N-ethyl adjacent to an activating group) is 1. The molecule has 0 radical (unpaired) electrons. The molecule has 0 aromatic heterocycles. The third kappa shape index (κ3) is 8.73. The lowest BCUT2D eigenvalue weighted by molar-refractivity contribution is 0.180. The molecule has 0 atom stereocenters. The summed E-state index contributed by atoms with van der Waals surface area (Å²) in [6.07, 6.45) is 3.75. The highest BCUT2D eigenvalue weighted by atomic mass is 16.5. The number of rotatable bonds is 11. The molecular weight excluding hydrogens is 338 g/mol. The molecule has 1 aromatic rings. The van der Waals surface area contributed by atoms with E-state index >= 15 is 0 Å². The Bertz CT molecular complexity index is 540. The van der Waals surface area contributed by atoms with Gasteiger partial charge in [0, 0.05) is 53.5 Å². The normalized spacial score (nSPS) is 15.5. The van der Waals surface area contributed by atoms with Gasteiger partial charge in [0.1, 0.15) is 0 Å². The van der Waals surface area contributed by atoms with Crippen molar-refractivity contribution in [1.29, 1.82) is 0 Å². The largest absolute Gasteiger partial charge is 0.385 e. The van der Waals surface area contributed by atoms with Crippen molar-refractivity contribution in [3.63, 3.8) is 0 Å². The average molecular weight is 376 g/mol. The van der Waals surface area contributed by atoms with Crippen molar-refractivity contribution in [3.8, 4) is 0 Å². The number of hydrogen-bond acceptors (Lipinski definition) is 4. The van der Waals surface area contributed by atoms with E-state index in [9.17, 15) is 0 Å². The zero-order valence-corrected chi connectivity index (χ0v) is 17.3. The van der Waals surface area contributed by atoms with Crippen molar-refractivity contribution in [2.24, 2.45) is 4.99 Å². The zero-order valence-electron chi connectivity index (χ0n) is 17.3. The number of ether oxygens (including phenoxy) is 1. The van der Waals surface area contributed by atoms with Crippen LogP contribution in [0.3, 0.4) is 0 Å². The van der Waals surface area contributed by atoms with Crippen LogP contribution in [0.5, 0.6) is 0 Å². The highest BCUT2D eigenvalue weighted by Gasteiger charge is 2.11. The minimum absolute atomic E-state index is 0.785. The molecule has 1 fully saturated rings. The standard InChI is InChI=1S/C21H37N5O/c1-22-21(23-11-15-25(2)12-6-16-27-3)24-17-19-7-9-20(10-8-19)18-26-13-4-5-14-26/h7-10H,4-6,11-18H2,1-3H3,(H2,22,23,24). The Kier molecular flexibility index (Phi) is 10.2. The molecule has 2 rings (SSSR count). The molecule has 2 N–H and O–H groups in total. The summed E-state index contributed by atoms with van der Waals surface area (Å²) < 4.78 is 5.09. The van der Waals surface area contributed by atoms with Gasteiger partial charge in [-0.25, -0.2) is 0 Å². The molecule has 0 unspecified atom stereocenters. The lowest BCUT2D eigenvalue weighted by Crippen LogP contribution is -2.40. The van der Waals surface area contributed by atoms with Gasteiger partial charge in [-0.05, 0) is 50.5 Å². The Labute approximate surface area is 165 Å². The predicted molar refractivity (Wildman–Crippen MR) is 113 cm³/mol. The molecule has 1 aliphatic rings. The van der Waals surface area contributed by atoms with Crippen molar-refractivity contribution in [2.45, 2.75) is 32.4 Å². The summed E-state index contributed by atoms with van der Waals surface area (Å²) in [6, 6.07) is 8.94. The molecule has 0 bridgehead atoms. The molecule has 0 amide bonds. The monoisotopic (exact) mass is 375 g/mol. The van der Waals surface area contributed by atoms with Crippen molar-refractivity contribution in [3.05, 3.63) is 35.4 Å². The van der Waals surface area contributed by atoms with Crippen LogP contribution in [0.1, 0.15) is 30.4 Å². The van der Waals surface area contributed by atoms with Gasteiger partial charge in [0.05, 0.1) is 0 Å². The molecule has 1 saturated heterocycles.